The highest BCUT2D eigenvalue weighted by atomic mass is 35.5. The molecule has 0 aliphatic rings. The lowest BCUT2D eigenvalue weighted by molar-refractivity contribution is 0.477. The highest BCUT2D eigenvalue weighted by Gasteiger charge is 2.18. The van der Waals surface area contributed by atoms with Crippen molar-refractivity contribution in [2.24, 2.45) is 0 Å². The SMILES string of the molecule is Cc1ccc(S(=O)(=O)Nc2cc(Cl)ccc2O)s1. The minimum atomic E-state index is -3.68. The molecule has 1 aromatic heterocycles. The van der Waals surface area contributed by atoms with E-state index in [1.807, 2.05) is 6.92 Å². The number of anilines is 1. The third-order valence-electron chi connectivity index (χ3n) is 2.18. The molecule has 2 rings (SSSR count). The number of halogens is 1. The second kappa shape index (κ2) is 4.79. The summed E-state index contributed by atoms with van der Waals surface area (Å²) in [6.45, 7) is 1.82. The smallest absolute Gasteiger partial charge is 0.271 e. The number of hydrogen-bond donors (Lipinski definition) is 2. The third-order valence-corrected chi connectivity index (χ3v) is 5.28. The summed E-state index contributed by atoms with van der Waals surface area (Å²) >= 11 is 6.91. The number of aryl methyl sites for hydroxylation is 1. The molecule has 0 fully saturated rings. The highest BCUT2D eigenvalue weighted by Crippen LogP contribution is 2.30. The van der Waals surface area contributed by atoms with Gasteiger partial charge in [-0.15, -0.1) is 11.3 Å². The summed E-state index contributed by atoms with van der Waals surface area (Å²) in [7, 11) is -3.68. The van der Waals surface area contributed by atoms with E-state index in [4.69, 9.17) is 11.6 Å². The molecule has 0 unspecified atom stereocenters. The van der Waals surface area contributed by atoms with E-state index < -0.39 is 10.0 Å². The van der Waals surface area contributed by atoms with Gasteiger partial charge in [0.25, 0.3) is 10.0 Å². The molecule has 18 heavy (non-hydrogen) atoms. The summed E-state index contributed by atoms with van der Waals surface area (Å²) in [5.74, 6) is -0.170. The number of rotatable bonds is 3. The van der Waals surface area contributed by atoms with Crippen LogP contribution in [-0.2, 0) is 10.0 Å². The molecular formula is C11H10ClNO3S2. The number of phenolic OH excluding ortho intramolecular Hbond substituents is 1. The zero-order chi connectivity index (χ0) is 13.3. The Morgan fingerprint density at radius 2 is 2.00 bits per heavy atom. The molecule has 2 aromatic rings. The summed E-state index contributed by atoms with van der Waals surface area (Å²) in [4.78, 5) is 0.894. The first-order chi connectivity index (χ1) is 8.38. The maximum absolute atomic E-state index is 12.0. The molecule has 0 spiro atoms. The van der Waals surface area contributed by atoms with Crippen molar-refractivity contribution in [3.63, 3.8) is 0 Å². The Morgan fingerprint density at radius 1 is 1.28 bits per heavy atom. The van der Waals surface area contributed by atoms with Crippen LogP contribution in [0, 0.1) is 6.92 Å². The van der Waals surface area contributed by atoms with Crippen LogP contribution in [0.2, 0.25) is 5.02 Å². The van der Waals surface area contributed by atoms with Gasteiger partial charge in [-0.25, -0.2) is 8.42 Å². The molecule has 0 aliphatic heterocycles. The molecule has 0 saturated carbocycles. The molecular weight excluding hydrogens is 294 g/mol. The van der Waals surface area contributed by atoms with Crippen LogP contribution in [0.5, 0.6) is 5.75 Å². The van der Waals surface area contributed by atoms with Crippen molar-refractivity contribution in [1.82, 2.24) is 0 Å². The number of thiophene rings is 1. The Labute approximate surface area is 114 Å². The van der Waals surface area contributed by atoms with Crippen LogP contribution in [0.4, 0.5) is 5.69 Å². The third kappa shape index (κ3) is 2.77. The van der Waals surface area contributed by atoms with E-state index in [2.05, 4.69) is 4.72 Å². The zero-order valence-corrected chi connectivity index (χ0v) is 11.7. The van der Waals surface area contributed by atoms with Crippen LogP contribution in [0.1, 0.15) is 4.88 Å². The largest absolute Gasteiger partial charge is 0.506 e. The van der Waals surface area contributed by atoms with Gasteiger partial charge in [0.15, 0.2) is 0 Å². The average Bonchev–Trinajstić information content (AvgIpc) is 2.71. The molecule has 7 heteroatoms. The van der Waals surface area contributed by atoms with Crippen LogP contribution >= 0.6 is 22.9 Å². The molecule has 1 heterocycles. The lowest BCUT2D eigenvalue weighted by atomic mass is 10.3. The predicted octanol–water partition coefficient (Wildman–Crippen LogP) is 3.22. The van der Waals surface area contributed by atoms with E-state index in [0.29, 0.717) is 5.02 Å². The van der Waals surface area contributed by atoms with Crippen LogP contribution in [-0.4, -0.2) is 13.5 Å². The second-order valence-electron chi connectivity index (χ2n) is 3.63. The van der Waals surface area contributed by atoms with Gasteiger partial charge in [-0.05, 0) is 37.3 Å². The topological polar surface area (TPSA) is 66.4 Å². The quantitative estimate of drug-likeness (QED) is 0.856. The highest BCUT2D eigenvalue weighted by molar-refractivity contribution is 7.94. The number of benzene rings is 1. The van der Waals surface area contributed by atoms with Crippen molar-refractivity contribution in [1.29, 1.82) is 0 Å². The Balaban J connectivity index is 2.36. The van der Waals surface area contributed by atoms with E-state index in [0.717, 1.165) is 16.2 Å². The Bertz CT molecular complexity index is 679. The Hall–Kier alpha value is -1.24. The van der Waals surface area contributed by atoms with Crippen molar-refractivity contribution >= 4 is 38.6 Å². The van der Waals surface area contributed by atoms with Crippen molar-refractivity contribution in [2.45, 2.75) is 11.1 Å². The summed E-state index contributed by atoms with van der Waals surface area (Å²) < 4.78 is 26.5. The van der Waals surface area contributed by atoms with Gasteiger partial charge in [-0.3, -0.25) is 4.72 Å². The Morgan fingerprint density at radius 3 is 2.61 bits per heavy atom. The van der Waals surface area contributed by atoms with Gasteiger partial charge in [0.05, 0.1) is 5.69 Å². The maximum atomic E-state index is 12.0. The van der Waals surface area contributed by atoms with Crippen molar-refractivity contribution in [2.75, 3.05) is 4.72 Å². The summed E-state index contributed by atoms with van der Waals surface area (Å²) in [6.07, 6.45) is 0. The molecule has 0 atom stereocenters. The van der Waals surface area contributed by atoms with Gasteiger partial charge in [0.1, 0.15) is 9.96 Å². The first-order valence-electron chi connectivity index (χ1n) is 4.96. The van der Waals surface area contributed by atoms with Crippen molar-refractivity contribution in [3.8, 4) is 5.75 Å². The zero-order valence-electron chi connectivity index (χ0n) is 9.34. The first-order valence-corrected chi connectivity index (χ1v) is 7.64. The van der Waals surface area contributed by atoms with Crippen LogP contribution in [0.15, 0.2) is 34.5 Å². The maximum Gasteiger partial charge on any atom is 0.271 e. The minimum absolute atomic E-state index is 0.0635. The number of nitrogens with one attached hydrogen (secondary N) is 1. The molecule has 96 valence electrons. The summed E-state index contributed by atoms with van der Waals surface area (Å²) in [5, 5.41) is 9.91. The van der Waals surface area contributed by atoms with E-state index >= 15 is 0 Å². The molecule has 1 aromatic carbocycles. The molecule has 0 radical (unpaired) electrons. The van der Waals surface area contributed by atoms with Crippen LogP contribution in [0.3, 0.4) is 0 Å². The fraction of sp³-hybridized carbons (Fsp3) is 0.0909. The van der Waals surface area contributed by atoms with Gasteiger partial charge in [-0.1, -0.05) is 11.6 Å². The van der Waals surface area contributed by atoms with Crippen LogP contribution < -0.4 is 4.72 Å². The van der Waals surface area contributed by atoms with Crippen molar-refractivity contribution in [3.05, 3.63) is 40.2 Å². The molecule has 4 nitrogen and oxygen atoms in total. The number of sulfonamides is 1. The predicted molar refractivity (Wildman–Crippen MR) is 73.0 cm³/mol. The molecule has 2 N–H and O–H groups in total. The molecule has 0 bridgehead atoms. The van der Waals surface area contributed by atoms with E-state index in [9.17, 15) is 13.5 Å². The van der Waals surface area contributed by atoms with Crippen LogP contribution in [0.25, 0.3) is 0 Å². The van der Waals surface area contributed by atoms with Crippen molar-refractivity contribution < 1.29 is 13.5 Å². The summed E-state index contributed by atoms with van der Waals surface area (Å²) in [5.41, 5.74) is 0.0635. The molecule has 0 amide bonds. The minimum Gasteiger partial charge on any atom is -0.506 e. The van der Waals surface area contributed by atoms with Gasteiger partial charge in [0.2, 0.25) is 0 Å². The fourth-order valence-corrected chi connectivity index (χ4v) is 3.86. The Kier molecular flexibility index (Phi) is 3.52. The van der Waals surface area contributed by atoms with Gasteiger partial charge in [-0.2, -0.15) is 0 Å². The standard InChI is InChI=1S/C11H10ClNO3S2/c1-7-2-5-11(17-7)18(15,16)13-9-6-8(12)3-4-10(9)14/h2-6,13-14H,1H3. The fourth-order valence-electron chi connectivity index (χ4n) is 1.34. The van der Waals surface area contributed by atoms with Gasteiger partial charge >= 0.3 is 0 Å². The van der Waals surface area contributed by atoms with E-state index in [-0.39, 0.29) is 15.6 Å². The normalized spacial score (nSPS) is 11.4. The monoisotopic (exact) mass is 303 g/mol. The number of phenols is 1. The van der Waals surface area contributed by atoms with E-state index in [1.54, 1.807) is 6.07 Å². The second-order valence-corrected chi connectivity index (χ2v) is 7.27. The van der Waals surface area contributed by atoms with Gasteiger partial charge in [0, 0.05) is 9.90 Å². The average molecular weight is 304 g/mol. The lowest BCUT2D eigenvalue weighted by Crippen LogP contribution is -2.11. The van der Waals surface area contributed by atoms with Gasteiger partial charge < -0.3 is 5.11 Å². The summed E-state index contributed by atoms with van der Waals surface area (Å²) in [6, 6.07) is 7.40. The van der Waals surface area contributed by atoms with E-state index in [1.165, 1.54) is 24.3 Å². The lowest BCUT2D eigenvalue weighted by Gasteiger charge is -2.08. The number of aromatic hydroxyl groups is 1. The first kappa shape index (κ1) is 13.2. The number of hydrogen-bond acceptors (Lipinski definition) is 4. The molecule has 0 aliphatic carbocycles. The molecule has 0 saturated heterocycles.